The molecule has 1 heterocycles. The number of hydrogen-bond acceptors (Lipinski definition) is 6. The summed E-state index contributed by atoms with van der Waals surface area (Å²) in [5.41, 5.74) is -0.360. The first-order valence-electron chi connectivity index (χ1n) is 6.13. The second-order valence-electron chi connectivity index (χ2n) is 4.44. The molecule has 0 aliphatic heterocycles. The summed E-state index contributed by atoms with van der Waals surface area (Å²) in [7, 11) is 1.28. The van der Waals surface area contributed by atoms with Crippen LogP contribution < -0.4 is 10.1 Å². The van der Waals surface area contributed by atoms with Crippen LogP contribution in [0.3, 0.4) is 0 Å². The van der Waals surface area contributed by atoms with Gasteiger partial charge in [-0.1, -0.05) is 0 Å². The smallest absolute Gasteiger partial charge is 0.313 e. The van der Waals surface area contributed by atoms with Crippen molar-refractivity contribution in [2.75, 3.05) is 12.4 Å². The minimum atomic E-state index is -0.752. The summed E-state index contributed by atoms with van der Waals surface area (Å²) >= 11 is 0. The molecule has 0 bridgehead atoms. The van der Waals surface area contributed by atoms with E-state index in [4.69, 9.17) is 9.15 Å². The van der Waals surface area contributed by atoms with E-state index < -0.39 is 22.5 Å². The van der Waals surface area contributed by atoms with Gasteiger partial charge in [-0.05, 0) is 13.8 Å². The van der Waals surface area contributed by atoms with E-state index in [-0.39, 0.29) is 11.4 Å². The zero-order valence-corrected chi connectivity index (χ0v) is 11.7. The third kappa shape index (κ3) is 3.10. The van der Waals surface area contributed by atoms with E-state index in [9.17, 15) is 14.5 Å². The second-order valence-corrected chi connectivity index (χ2v) is 4.44. The van der Waals surface area contributed by atoms with E-state index in [1.165, 1.54) is 13.2 Å². The minimum Gasteiger partial charge on any atom is -0.490 e. The van der Waals surface area contributed by atoms with Crippen molar-refractivity contribution in [2.24, 2.45) is 0 Å². The maximum Gasteiger partial charge on any atom is 0.313 e. The fourth-order valence-electron chi connectivity index (χ4n) is 1.83. The molecular weight excluding hydrogens is 281 g/mol. The van der Waals surface area contributed by atoms with Gasteiger partial charge in [-0.3, -0.25) is 10.1 Å². The molecule has 0 saturated heterocycles. The van der Waals surface area contributed by atoms with Crippen molar-refractivity contribution < 1.29 is 18.5 Å². The lowest BCUT2D eigenvalue weighted by Crippen LogP contribution is -2.09. The highest BCUT2D eigenvalue weighted by atomic mass is 19.1. The van der Waals surface area contributed by atoms with Crippen molar-refractivity contribution in [1.82, 2.24) is 4.98 Å². The predicted molar refractivity (Wildman–Crippen MR) is 72.9 cm³/mol. The average molecular weight is 295 g/mol. The largest absolute Gasteiger partial charge is 0.490 e. The zero-order chi connectivity index (χ0) is 15.6. The van der Waals surface area contributed by atoms with Crippen LogP contribution in [-0.4, -0.2) is 17.0 Å². The van der Waals surface area contributed by atoms with E-state index in [1.807, 2.05) is 0 Å². The summed E-state index contributed by atoms with van der Waals surface area (Å²) in [6.07, 6.45) is 1.56. The molecule has 0 fully saturated rings. The van der Waals surface area contributed by atoms with Crippen molar-refractivity contribution in [1.29, 1.82) is 0 Å². The Kier molecular flexibility index (Phi) is 4.06. The molecule has 2 aromatic rings. The van der Waals surface area contributed by atoms with Gasteiger partial charge in [-0.2, -0.15) is 0 Å². The van der Waals surface area contributed by atoms with Crippen LogP contribution in [0.15, 0.2) is 22.7 Å². The number of nitro groups is 1. The number of hydrogen-bond donors (Lipinski definition) is 1. The Morgan fingerprint density at radius 2 is 2.24 bits per heavy atom. The molecule has 0 radical (unpaired) electrons. The van der Waals surface area contributed by atoms with Gasteiger partial charge in [0.15, 0.2) is 11.6 Å². The highest BCUT2D eigenvalue weighted by molar-refractivity contribution is 5.59. The number of nitrogens with one attached hydrogen (secondary N) is 1. The third-order valence-corrected chi connectivity index (χ3v) is 2.85. The van der Waals surface area contributed by atoms with Crippen molar-refractivity contribution >= 4 is 11.4 Å². The maximum absolute atomic E-state index is 13.9. The Morgan fingerprint density at radius 1 is 1.52 bits per heavy atom. The standard InChI is InChI=1S/C13H14FN3O4/c1-7-6-15-13(21-7)8(2)16-10-5-12(20-3)11(17(18)19)4-9(10)14/h4-6,8,16H,1-3H3. The number of nitro benzene ring substituents is 1. The summed E-state index contributed by atoms with van der Waals surface area (Å²) in [6, 6.07) is 1.65. The van der Waals surface area contributed by atoms with Gasteiger partial charge in [0.05, 0.1) is 30.0 Å². The van der Waals surface area contributed by atoms with Crippen LogP contribution in [0, 0.1) is 22.9 Å². The first-order valence-corrected chi connectivity index (χ1v) is 6.13. The first-order chi connectivity index (χ1) is 9.92. The molecule has 0 amide bonds. The highest BCUT2D eigenvalue weighted by Gasteiger charge is 2.21. The van der Waals surface area contributed by atoms with Crippen molar-refractivity contribution in [3.63, 3.8) is 0 Å². The van der Waals surface area contributed by atoms with Crippen LogP contribution in [0.1, 0.15) is 24.6 Å². The Balaban J connectivity index is 2.30. The first kappa shape index (κ1) is 14.8. The molecule has 1 atom stereocenters. The summed E-state index contributed by atoms with van der Waals surface area (Å²) in [4.78, 5) is 14.1. The van der Waals surface area contributed by atoms with Crippen molar-refractivity contribution in [2.45, 2.75) is 19.9 Å². The van der Waals surface area contributed by atoms with E-state index in [0.29, 0.717) is 11.7 Å². The number of oxazole rings is 1. The number of methoxy groups -OCH3 is 1. The lowest BCUT2D eigenvalue weighted by atomic mass is 10.2. The second kappa shape index (κ2) is 5.78. The Morgan fingerprint density at radius 3 is 2.76 bits per heavy atom. The van der Waals surface area contributed by atoms with Crippen LogP contribution in [0.25, 0.3) is 0 Å². The van der Waals surface area contributed by atoms with Gasteiger partial charge in [0.2, 0.25) is 5.89 Å². The van der Waals surface area contributed by atoms with Crippen LogP contribution >= 0.6 is 0 Å². The molecule has 0 aliphatic carbocycles. The molecular formula is C13H14FN3O4. The predicted octanol–water partition coefficient (Wildman–Crippen LogP) is 3.21. The molecule has 112 valence electrons. The quantitative estimate of drug-likeness (QED) is 0.672. The van der Waals surface area contributed by atoms with E-state index in [2.05, 4.69) is 10.3 Å². The number of aromatic nitrogens is 1. The topological polar surface area (TPSA) is 90.4 Å². The minimum absolute atomic E-state index is 0.0281. The molecule has 1 aromatic carbocycles. The molecule has 7 nitrogen and oxygen atoms in total. The van der Waals surface area contributed by atoms with Gasteiger partial charge < -0.3 is 14.5 Å². The molecule has 1 unspecified atom stereocenters. The average Bonchev–Trinajstić information content (AvgIpc) is 2.87. The van der Waals surface area contributed by atoms with Gasteiger partial charge >= 0.3 is 5.69 Å². The molecule has 1 aromatic heterocycles. The maximum atomic E-state index is 13.9. The summed E-state index contributed by atoms with van der Waals surface area (Å²) in [6.45, 7) is 3.48. The van der Waals surface area contributed by atoms with Gasteiger partial charge in [0, 0.05) is 6.07 Å². The monoisotopic (exact) mass is 295 g/mol. The Hall–Kier alpha value is -2.64. The molecule has 8 heteroatoms. The molecule has 0 saturated carbocycles. The normalized spacial score (nSPS) is 12.0. The van der Waals surface area contributed by atoms with Gasteiger partial charge in [-0.25, -0.2) is 9.37 Å². The van der Waals surface area contributed by atoms with Crippen LogP contribution in [0.5, 0.6) is 5.75 Å². The number of benzene rings is 1. The lowest BCUT2D eigenvalue weighted by molar-refractivity contribution is -0.385. The number of nitrogens with zero attached hydrogens (tertiary/aromatic N) is 2. The van der Waals surface area contributed by atoms with Crippen LogP contribution in [0.2, 0.25) is 0 Å². The van der Waals surface area contributed by atoms with Gasteiger partial charge in [-0.15, -0.1) is 0 Å². The zero-order valence-electron chi connectivity index (χ0n) is 11.7. The van der Waals surface area contributed by atoms with E-state index >= 15 is 0 Å². The summed E-state index contributed by atoms with van der Waals surface area (Å²) in [5, 5.41) is 13.7. The Bertz CT molecular complexity index is 671. The Labute approximate surface area is 119 Å². The number of rotatable bonds is 5. The molecule has 1 N–H and O–H groups in total. The molecule has 0 spiro atoms. The number of halogens is 1. The van der Waals surface area contributed by atoms with Crippen LogP contribution in [-0.2, 0) is 0 Å². The van der Waals surface area contributed by atoms with E-state index in [0.717, 1.165) is 6.07 Å². The fourth-order valence-corrected chi connectivity index (χ4v) is 1.83. The van der Waals surface area contributed by atoms with Gasteiger partial charge in [0.25, 0.3) is 0 Å². The molecule has 2 rings (SSSR count). The lowest BCUT2D eigenvalue weighted by Gasteiger charge is -2.13. The highest BCUT2D eigenvalue weighted by Crippen LogP contribution is 2.33. The molecule has 0 aliphatic rings. The van der Waals surface area contributed by atoms with Crippen molar-refractivity contribution in [3.05, 3.63) is 45.9 Å². The summed E-state index contributed by atoms with van der Waals surface area (Å²) in [5.74, 6) is 0.252. The van der Waals surface area contributed by atoms with E-state index in [1.54, 1.807) is 20.0 Å². The SMILES string of the molecule is COc1cc(NC(C)c2ncc(C)o2)c(F)cc1[N+](=O)[O-]. The van der Waals surface area contributed by atoms with Gasteiger partial charge in [0.1, 0.15) is 11.8 Å². The number of ether oxygens (including phenoxy) is 1. The van der Waals surface area contributed by atoms with Crippen LogP contribution in [0.4, 0.5) is 15.8 Å². The summed E-state index contributed by atoms with van der Waals surface area (Å²) < 4.78 is 24.2. The third-order valence-electron chi connectivity index (χ3n) is 2.85. The number of aryl methyl sites for hydroxylation is 1. The fraction of sp³-hybridized carbons (Fsp3) is 0.308. The van der Waals surface area contributed by atoms with Crippen molar-refractivity contribution in [3.8, 4) is 5.75 Å². The molecule has 21 heavy (non-hydrogen) atoms. The number of anilines is 1.